The van der Waals surface area contributed by atoms with Crippen LogP contribution in [0.2, 0.25) is 0 Å². The number of methoxy groups -OCH3 is 1. The number of amides is 1. The molecular formula is C20H18N4O2S2. The summed E-state index contributed by atoms with van der Waals surface area (Å²) >= 11 is 3.05. The fraction of sp³-hybridized carbons (Fsp3) is 0.150. The Hall–Kier alpha value is -2.84. The number of carbonyl (C=O) groups is 1. The summed E-state index contributed by atoms with van der Waals surface area (Å²) in [5.74, 6) is 1.17. The third kappa shape index (κ3) is 3.48. The molecule has 142 valence electrons. The molecular weight excluding hydrogens is 392 g/mol. The summed E-state index contributed by atoms with van der Waals surface area (Å²) in [6, 6.07) is 15.1. The lowest BCUT2D eigenvalue weighted by Gasteiger charge is -2.09. The van der Waals surface area contributed by atoms with Gasteiger partial charge in [0.25, 0.3) is 5.91 Å². The van der Waals surface area contributed by atoms with Crippen LogP contribution in [-0.2, 0) is 0 Å². The molecule has 0 bridgehead atoms. The number of rotatable bonds is 5. The fourth-order valence-corrected chi connectivity index (χ4v) is 4.37. The van der Waals surface area contributed by atoms with Crippen LogP contribution < -0.4 is 10.1 Å². The highest BCUT2D eigenvalue weighted by Crippen LogP contribution is 2.30. The molecule has 0 saturated heterocycles. The number of hydrogen-bond acceptors (Lipinski definition) is 6. The van der Waals surface area contributed by atoms with Gasteiger partial charge in [-0.3, -0.25) is 4.79 Å². The molecule has 0 aliphatic rings. The third-order valence-corrected chi connectivity index (χ3v) is 6.00. The molecule has 4 rings (SSSR count). The highest BCUT2D eigenvalue weighted by atomic mass is 32.2. The number of thioether (sulfide) groups is 1. The summed E-state index contributed by atoms with van der Waals surface area (Å²) in [7, 11) is 1.63. The fourth-order valence-electron chi connectivity index (χ4n) is 2.86. The van der Waals surface area contributed by atoms with Crippen LogP contribution in [0.25, 0.3) is 15.3 Å². The monoisotopic (exact) mass is 410 g/mol. The van der Waals surface area contributed by atoms with E-state index in [1.54, 1.807) is 23.6 Å². The van der Waals surface area contributed by atoms with Crippen molar-refractivity contribution in [2.75, 3.05) is 18.7 Å². The van der Waals surface area contributed by atoms with E-state index in [1.807, 2.05) is 61.7 Å². The zero-order valence-electron chi connectivity index (χ0n) is 15.6. The molecule has 4 aromatic rings. The average molecular weight is 411 g/mol. The van der Waals surface area contributed by atoms with Crippen LogP contribution in [0.4, 0.5) is 5.82 Å². The Labute approximate surface area is 170 Å². The van der Waals surface area contributed by atoms with E-state index >= 15 is 0 Å². The van der Waals surface area contributed by atoms with Crippen LogP contribution in [0, 0.1) is 6.92 Å². The molecule has 0 saturated carbocycles. The van der Waals surface area contributed by atoms with Crippen LogP contribution in [0.5, 0.6) is 5.75 Å². The molecule has 0 unspecified atom stereocenters. The van der Waals surface area contributed by atoms with Gasteiger partial charge in [-0.15, -0.1) is 11.8 Å². The van der Waals surface area contributed by atoms with Crippen molar-refractivity contribution in [3.8, 4) is 10.9 Å². The normalized spacial score (nSPS) is 11.0. The first-order chi connectivity index (χ1) is 13.6. The lowest BCUT2D eigenvalue weighted by atomic mass is 10.2. The largest absolute Gasteiger partial charge is 0.497 e. The summed E-state index contributed by atoms with van der Waals surface area (Å²) in [6.45, 7) is 1.89. The predicted molar refractivity (Wildman–Crippen MR) is 114 cm³/mol. The Morgan fingerprint density at radius 1 is 1.21 bits per heavy atom. The van der Waals surface area contributed by atoms with Gasteiger partial charge in [0, 0.05) is 17.0 Å². The minimum atomic E-state index is -0.172. The third-order valence-electron chi connectivity index (χ3n) is 4.19. The van der Waals surface area contributed by atoms with Crippen molar-refractivity contribution in [1.82, 2.24) is 14.8 Å². The van der Waals surface area contributed by atoms with E-state index < -0.39 is 0 Å². The first kappa shape index (κ1) is 18.5. The maximum atomic E-state index is 12.8. The Morgan fingerprint density at radius 2 is 2.04 bits per heavy atom. The number of nitrogens with one attached hydrogen (secondary N) is 1. The molecule has 1 amide bonds. The Morgan fingerprint density at radius 3 is 2.82 bits per heavy atom. The van der Waals surface area contributed by atoms with Gasteiger partial charge in [-0.25, -0.2) is 4.98 Å². The maximum absolute atomic E-state index is 12.8. The number of benzene rings is 2. The molecule has 0 fully saturated rings. The summed E-state index contributed by atoms with van der Waals surface area (Å²) in [4.78, 5) is 18.4. The van der Waals surface area contributed by atoms with E-state index in [0.29, 0.717) is 16.5 Å². The lowest BCUT2D eigenvalue weighted by molar-refractivity contribution is 0.102. The van der Waals surface area contributed by atoms with Gasteiger partial charge in [-0.05, 0) is 37.4 Å². The van der Waals surface area contributed by atoms with E-state index in [1.165, 1.54) is 11.3 Å². The number of hydrogen-bond donors (Lipinski definition) is 1. The first-order valence-electron chi connectivity index (χ1n) is 8.55. The molecule has 0 spiro atoms. The predicted octanol–water partition coefficient (Wildman–Crippen LogP) is 4.77. The molecule has 0 atom stereocenters. The summed E-state index contributed by atoms with van der Waals surface area (Å²) in [6.07, 6.45) is 1.95. The van der Waals surface area contributed by atoms with E-state index in [-0.39, 0.29) is 5.91 Å². The van der Waals surface area contributed by atoms with Gasteiger partial charge in [0.1, 0.15) is 11.6 Å². The molecule has 6 nitrogen and oxygen atoms in total. The van der Waals surface area contributed by atoms with E-state index in [9.17, 15) is 4.79 Å². The number of nitrogens with zero attached hydrogens (tertiary/aromatic N) is 3. The number of carbonyl (C=O) groups excluding carboxylic acids is 1. The highest BCUT2D eigenvalue weighted by molar-refractivity contribution is 7.98. The van der Waals surface area contributed by atoms with Crippen molar-refractivity contribution in [2.45, 2.75) is 11.8 Å². The molecule has 2 aromatic carbocycles. The van der Waals surface area contributed by atoms with Crippen molar-refractivity contribution in [3.63, 3.8) is 0 Å². The van der Waals surface area contributed by atoms with Gasteiger partial charge >= 0.3 is 0 Å². The summed E-state index contributed by atoms with van der Waals surface area (Å²) < 4.78 is 7.97. The van der Waals surface area contributed by atoms with Crippen LogP contribution >= 0.6 is 23.1 Å². The summed E-state index contributed by atoms with van der Waals surface area (Å²) in [5.41, 5.74) is 2.26. The summed E-state index contributed by atoms with van der Waals surface area (Å²) in [5, 5.41) is 8.18. The highest BCUT2D eigenvalue weighted by Gasteiger charge is 2.17. The minimum absolute atomic E-state index is 0.172. The Kier molecular flexibility index (Phi) is 5.06. The van der Waals surface area contributed by atoms with Crippen LogP contribution in [0.1, 0.15) is 16.1 Å². The zero-order chi connectivity index (χ0) is 19.7. The van der Waals surface area contributed by atoms with Crippen LogP contribution in [-0.4, -0.2) is 34.0 Å². The maximum Gasteiger partial charge on any atom is 0.257 e. The topological polar surface area (TPSA) is 69.0 Å². The number of aromatic nitrogens is 3. The lowest BCUT2D eigenvalue weighted by Crippen LogP contribution is -2.15. The van der Waals surface area contributed by atoms with Crippen molar-refractivity contribution < 1.29 is 9.53 Å². The number of anilines is 1. The Balaban J connectivity index is 1.70. The number of fused-ring (bicyclic) bond motifs is 1. The van der Waals surface area contributed by atoms with Gasteiger partial charge in [0.15, 0.2) is 0 Å². The molecule has 1 N–H and O–H groups in total. The SMILES string of the molecule is COc1ccc2sc(-n3nc(C)cc3NC(=O)c3ccccc3SC)nc2c1. The first-order valence-corrected chi connectivity index (χ1v) is 10.6. The number of aryl methyl sites for hydroxylation is 1. The van der Waals surface area contributed by atoms with Crippen molar-refractivity contribution in [3.05, 3.63) is 59.8 Å². The number of ether oxygens (including phenoxy) is 1. The zero-order valence-corrected chi connectivity index (χ0v) is 17.2. The van der Waals surface area contributed by atoms with E-state index in [2.05, 4.69) is 15.4 Å². The van der Waals surface area contributed by atoms with Gasteiger partial charge in [-0.1, -0.05) is 23.5 Å². The average Bonchev–Trinajstić information content (AvgIpc) is 3.29. The smallest absolute Gasteiger partial charge is 0.257 e. The van der Waals surface area contributed by atoms with Gasteiger partial charge in [0.2, 0.25) is 5.13 Å². The van der Waals surface area contributed by atoms with Gasteiger partial charge < -0.3 is 10.1 Å². The molecule has 2 heterocycles. The van der Waals surface area contributed by atoms with Crippen LogP contribution in [0.3, 0.4) is 0 Å². The standard InChI is InChI=1S/C20H18N4O2S2/c1-12-10-18(22-19(25)14-6-4-5-7-16(14)27-3)24(23-12)20-21-15-11-13(26-2)8-9-17(15)28-20/h4-11H,1-3H3,(H,22,25). The van der Waals surface area contributed by atoms with Crippen LogP contribution in [0.15, 0.2) is 53.4 Å². The molecule has 8 heteroatoms. The molecule has 28 heavy (non-hydrogen) atoms. The van der Waals surface area contributed by atoms with Crippen molar-refractivity contribution in [1.29, 1.82) is 0 Å². The van der Waals surface area contributed by atoms with Crippen molar-refractivity contribution >= 4 is 45.0 Å². The second kappa shape index (κ2) is 7.65. The molecule has 2 aromatic heterocycles. The molecule has 0 radical (unpaired) electrons. The van der Waals surface area contributed by atoms with Gasteiger partial charge in [0.05, 0.1) is 28.6 Å². The molecule has 0 aliphatic heterocycles. The second-order valence-electron chi connectivity index (χ2n) is 6.07. The quantitative estimate of drug-likeness (QED) is 0.480. The second-order valence-corrected chi connectivity index (χ2v) is 7.92. The van der Waals surface area contributed by atoms with E-state index in [4.69, 9.17) is 4.74 Å². The number of thiazole rings is 1. The van der Waals surface area contributed by atoms with Crippen molar-refractivity contribution in [2.24, 2.45) is 0 Å². The molecule has 0 aliphatic carbocycles. The Bertz CT molecular complexity index is 1170. The van der Waals surface area contributed by atoms with E-state index in [0.717, 1.165) is 26.6 Å². The van der Waals surface area contributed by atoms with Gasteiger partial charge in [-0.2, -0.15) is 9.78 Å². The minimum Gasteiger partial charge on any atom is -0.497 e.